The van der Waals surface area contributed by atoms with E-state index in [1.165, 1.54) is 128 Å². The number of aliphatic hydroxyl groups excluding tert-OH is 5. The van der Waals surface area contributed by atoms with Crippen LogP contribution in [0, 0.1) is 0 Å². The number of allylic oxidation sites excluding steroid dienone is 17. The number of carbonyl (C=O) groups excluding carboxylic acids is 1. The first kappa shape index (κ1) is 68.9. The molecular weight excluding hydrogens is 923 g/mol. The summed E-state index contributed by atoms with van der Waals surface area (Å²) >= 11 is 0. The molecular formula is C65H111NO8. The van der Waals surface area contributed by atoms with Gasteiger partial charge >= 0.3 is 0 Å². The van der Waals surface area contributed by atoms with Gasteiger partial charge in [-0.25, -0.2) is 0 Å². The third kappa shape index (κ3) is 42.0. The molecule has 6 N–H and O–H groups in total. The third-order valence-electron chi connectivity index (χ3n) is 13.6. The molecule has 0 aromatic carbocycles. The topological polar surface area (TPSA) is 149 Å². The average Bonchev–Trinajstić information content (AvgIpc) is 3.40. The molecule has 7 atom stereocenters. The highest BCUT2D eigenvalue weighted by Gasteiger charge is 2.44. The number of aliphatic hydroxyl groups is 5. The number of hydrogen-bond acceptors (Lipinski definition) is 8. The van der Waals surface area contributed by atoms with Crippen molar-refractivity contribution < 1.29 is 39.8 Å². The van der Waals surface area contributed by atoms with E-state index in [0.717, 1.165) is 89.9 Å². The molecule has 9 nitrogen and oxygen atoms in total. The maximum Gasteiger partial charge on any atom is 0.220 e. The largest absolute Gasteiger partial charge is 0.394 e. The molecule has 1 aliphatic rings. The Labute approximate surface area is 453 Å². The molecule has 0 aromatic heterocycles. The zero-order chi connectivity index (χ0) is 53.6. The molecule has 1 fully saturated rings. The molecule has 1 heterocycles. The van der Waals surface area contributed by atoms with E-state index in [4.69, 9.17) is 9.47 Å². The van der Waals surface area contributed by atoms with Crippen molar-refractivity contribution in [3.63, 3.8) is 0 Å². The molecule has 9 heteroatoms. The Balaban J connectivity index is 2.20. The molecule has 1 aliphatic heterocycles. The number of unbranched alkanes of at least 4 members (excludes halogenated alkanes) is 24. The van der Waals surface area contributed by atoms with Gasteiger partial charge in [0.15, 0.2) is 6.29 Å². The number of nitrogens with one attached hydrogen (secondary N) is 1. The van der Waals surface area contributed by atoms with Gasteiger partial charge in [-0.2, -0.15) is 0 Å². The fraction of sp³-hybridized carbons (Fsp3) is 0.708. The van der Waals surface area contributed by atoms with Crippen molar-refractivity contribution in [1.29, 1.82) is 0 Å². The van der Waals surface area contributed by atoms with Gasteiger partial charge < -0.3 is 40.3 Å². The van der Waals surface area contributed by atoms with Gasteiger partial charge in [-0.1, -0.05) is 245 Å². The monoisotopic (exact) mass is 1030 g/mol. The first-order valence-corrected chi connectivity index (χ1v) is 30.1. The van der Waals surface area contributed by atoms with Crippen molar-refractivity contribution in [2.45, 2.75) is 281 Å². The Morgan fingerprint density at radius 3 is 1.30 bits per heavy atom. The normalized spacial score (nSPS) is 19.8. The predicted molar refractivity (Wildman–Crippen MR) is 313 cm³/mol. The first-order chi connectivity index (χ1) is 36.3. The van der Waals surface area contributed by atoms with Crippen LogP contribution in [-0.4, -0.2) is 87.5 Å². The highest BCUT2D eigenvalue weighted by atomic mass is 16.7. The molecule has 7 unspecified atom stereocenters. The van der Waals surface area contributed by atoms with Crippen molar-refractivity contribution >= 4 is 5.91 Å². The second-order valence-electron chi connectivity index (χ2n) is 20.4. The Kier molecular flexibility index (Phi) is 49.6. The summed E-state index contributed by atoms with van der Waals surface area (Å²) in [5.41, 5.74) is 0. The lowest BCUT2D eigenvalue weighted by Gasteiger charge is -2.40. The van der Waals surface area contributed by atoms with Crippen LogP contribution in [0.15, 0.2) is 109 Å². The van der Waals surface area contributed by atoms with Gasteiger partial charge in [0, 0.05) is 6.42 Å². The number of amides is 1. The van der Waals surface area contributed by atoms with Crippen LogP contribution in [0.2, 0.25) is 0 Å². The van der Waals surface area contributed by atoms with Crippen molar-refractivity contribution in [2.24, 2.45) is 0 Å². The van der Waals surface area contributed by atoms with E-state index in [-0.39, 0.29) is 12.5 Å². The molecule has 424 valence electrons. The smallest absolute Gasteiger partial charge is 0.220 e. The summed E-state index contributed by atoms with van der Waals surface area (Å²) in [4.78, 5) is 13.1. The summed E-state index contributed by atoms with van der Waals surface area (Å²) in [6.45, 7) is 3.64. The van der Waals surface area contributed by atoms with E-state index >= 15 is 0 Å². The van der Waals surface area contributed by atoms with E-state index in [1.807, 2.05) is 6.08 Å². The molecule has 0 bridgehead atoms. The van der Waals surface area contributed by atoms with Gasteiger partial charge in [0.1, 0.15) is 24.4 Å². The van der Waals surface area contributed by atoms with Crippen molar-refractivity contribution in [2.75, 3.05) is 13.2 Å². The van der Waals surface area contributed by atoms with Crippen LogP contribution in [0.5, 0.6) is 0 Å². The summed E-state index contributed by atoms with van der Waals surface area (Å²) in [6, 6.07) is -0.835. The van der Waals surface area contributed by atoms with Crippen LogP contribution in [0.25, 0.3) is 0 Å². The lowest BCUT2D eigenvalue weighted by molar-refractivity contribution is -0.302. The third-order valence-corrected chi connectivity index (χ3v) is 13.6. The van der Waals surface area contributed by atoms with Crippen LogP contribution in [0.1, 0.15) is 239 Å². The molecule has 1 saturated heterocycles. The van der Waals surface area contributed by atoms with Crippen LogP contribution in [-0.2, 0) is 14.3 Å². The molecule has 1 amide bonds. The second kappa shape index (κ2) is 53.3. The van der Waals surface area contributed by atoms with Crippen LogP contribution >= 0.6 is 0 Å². The summed E-state index contributed by atoms with van der Waals surface area (Å²) < 4.78 is 11.3. The molecule has 0 saturated carbocycles. The van der Waals surface area contributed by atoms with Crippen molar-refractivity contribution in [1.82, 2.24) is 5.32 Å². The minimum absolute atomic E-state index is 0.195. The van der Waals surface area contributed by atoms with Gasteiger partial charge in [0.2, 0.25) is 5.91 Å². The summed E-state index contributed by atoms with van der Waals surface area (Å²) in [5.74, 6) is -0.195. The first-order valence-electron chi connectivity index (χ1n) is 30.1. The highest BCUT2D eigenvalue weighted by Crippen LogP contribution is 2.23. The number of rotatable bonds is 50. The molecule has 0 aliphatic carbocycles. The number of hydrogen-bond donors (Lipinski definition) is 6. The Morgan fingerprint density at radius 1 is 0.473 bits per heavy atom. The van der Waals surface area contributed by atoms with Gasteiger partial charge in [-0.15, -0.1) is 0 Å². The molecule has 0 aromatic rings. The van der Waals surface area contributed by atoms with E-state index in [0.29, 0.717) is 6.42 Å². The molecule has 1 rings (SSSR count). The Morgan fingerprint density at radius 2 is 0.851 bits per heavy atom. The fourth-order valence-corrected chi connectivity index (χ4v) is 8.84. The van der Waals surface area contributed by atoms with Crippen molar-refractivity contribution in [3.05, 3.63) is 109 Å². The van der Waals surface area contributed by atoms with Crippen LogP contribution in [0.4, 0.5) is 0 Å². The van der Waals surface area contributed by atoms with E-state index in [1.54, 1.807) is 6.08 Å². The Hall–Kier alpha value is -3.15. The molecule has 0 spiro atoms. The number of ether oxygens (including phenoxy) is 2. The predicted octanol–water partition coefficient (Wildman–Crippen LogP) is 15.3. The SMILES string of the molecule is CC/C=C\C/C=C\C/C=C\C/C=C\C/C=C\C/C=C\CCCCCCCCCCCCCCCCC(=O)NC(COC1OC(CO)C(O)C(O)C1O)C(O)/C=C/CC/C=C/CC/C=C/CCCCCCCCCC. The van der Waals surface area contributed by atoms with E-state index in [9.17, 15) is 30.3 Å². The zero-order valence-electron chi connectivity index (χ0n) is 47.1. The van der Waals surface area contributed by atoms with Crippen molar-refractivity contribution in [3.8, 4) is 0 Å². The van der Waals surface area contributed by atoms with Gasteiger partial charge in [0.05, 0.1) is 25.4 Å². The van der Waals surface area contributed by atoms with Gasteiger partial charge in [-0.05, 0) is 96.3 Å². The Bertz CT molecular complexity index is 1530. The quantitative estimate of drug-likeness (QED) is 0.0261. The molecule has 0 radical (unpaired) electrons. The fourth-order valence-electron chi connectivity index (χ4n) is 8.84. The average molecular weight is 1030 g/mol. The molecule has 74 heavy (non-hydrogen) atoms. The van der Waals surface area contributed by atoms with E-state index < -0.39 is 49.5 Å². The number of carbonyl (C=O) groups is 1. The van der Waals surface area contributed by atoms with Crippen LogP contribution in [0.3, 0.4) is 0 Å². The van der Waals surface area contributed by atoms with Gasteiger partial charge in [-0.3, -0.25) is 4.79 Å². The summed E-state index contributed by atoms with van der Waals surface area (Å²) in [6.07, 6.45) is 71.6. The lowest BCUT2D eigenvalue weighted by atomic mass is 9.99. The standard InChI is InChI=1S/C65H111NO8/c1-3-5-7-9-11-13-15-17-19-21-23-24-25-26-27-28-29-30-31-32-33-34-35-36-37-39-41-43-45-47-49-51-53-55-61(69)66-58(57-73-65-64(72)63(71)62(70)60(56-67)74-65)59(68)54-52-50-48-46-44-42-40-38-22-20-18-16-14-12-10-8-6-4-2/h5,7,11,13,17,19,22-24,26-27,29-30,38,44,46,52,54,58-60,62-65,67-68,70-72H,3-4,6,8-10,12,14-16,18,20-21,25,28,31-37,39-43,45,47-51,53,55-57H2,1-2H3,(H,66,69)/b7-5-,13-11-,19-17-,24-23-,27-26-,30-29-,38-22+,46-44+,54-52+. The maximum absolute atomic E-state index is 13.1. The maximum atomic E-state index is 13.1. The second-order valence-corrected chi connectivity index (χ2v) is 20.4. The van der Waals surface area contributed by atoms with E-state index in [2.05, 4.69) is 116 Å². The summed E-state index contributed by atoms with van der Waals surface area (Å²) in [5, 5.41) is 54.5. The minimum atomic E-state index is -1.58. The van der Waals surface area contributed by atoms with Crippen LogP contribution < -0.4 is 5.32 Å². The van der Waals surface area contributed by atoms with Gasteiger partial charge in [0.25, 0.3) is 0 Å². The minimum Gasteiger partial charge on any atom is -0.394 e. The highest BCUT2D eigenvalue weighted by molar-refractivity contribution is 5.76. The summed E-state index contributed by atoms with van der Waals surface area (Å²) in [7, 11) is 0. The lowest BCUT2D eigenvalue weighted by Crippen LogP contribution is -2.60. The zero-order valence-corrected chi connectivity index (χ0v) is 47.1.